The molecule has 11 nitrogen and oxygen atoms in total. The van der Waals surface area contributed by atoms with Crippen LogP contribution in [0.4, 0.5) is 11.5 Å². The molecule has 0 radical (unpaired) electrons. The van der Waals surface area contributed by atoms with Crippen LogP contribution in [0.5, 0.6) is 0 Å². The zero-order valence-corrected chi connectivity index (χ0v) is 23.3. The van der Waals surface area contributed by atoms with Crippen molar-refractivity contribution in [1.82, 2.24) is 24.6 Å². The number of nitro groups is 1. The Morgan fingerprint density at radius 1 is 1.02 bits per heavy atom. The summed E-state index contributed by atoms with van der Waals surface area (Å²) in [5, 5.41) is 16.8. The van der Waals surface area contributed by atoms with Gasteiger partial charge in [0.05, 0.1) is 40.1 Å². The first kappa shape index (κ1) is 26.2. The molecule has 2 aromatic heterocycles. The van der Waals surface area contributed by atoms with Crippen LogP contribution in [0.15, 0.2) is 66.0 Å². The van der Waals surface area contributed by atoms with Gasteiger partial charge in [-0.15, -0.1) is 0 Å². The minimum Gasteiger partial charge on any atom is -0.352 e. The van der Waals surface area contributed by atoms with E-state index in [4.69, 9.17) is 4.99 Å². The lowest BCUT2D eigenvalue weighted by Crippen LogP contribution is -2.54. The van der Waals surface area contributed by atoms with Crippen LogP contribution in [-0.4, -0.2) is 67.9 Å². The van der Waals surface area contributed by atoms with Crippen LogP contribution in [0, 0.1) is 16.0 Å². The summed E-state index contributed by atoms with van der Waals surface area (Å²) in [5.41, 5.74) is 3.29. The van der Waals surface area contributed by atoms with E-state index in [1.54, 1.807) is 29.1 Å². The summed E-state index contributed by atoms with van der Waals surface area (Å²) >= 11 is 0. The fourth-order valence-electron chi connectivity index (χ4n) is 7.05. The first-order valence-electron chi connectivity index (χ1n) is 14.6. The van der Waals surface area contributed by atoms with Crippen LogP contribution in [0.2, 0.25) is 0 Å². The van der Waals surface area contributed by atoms with Crippen molar-refractivity contribution in [2.24, 2.45) is 10.9 Å². The van der Waals surface area contributed by atoms with Gasteiger partial charge >= 0.3 is 0 Å². The number of anilines is 1. The highest BCUT2D eigenvalue weighted by molar-refractivity contribution is 5.87. The molecule has 2 aliphatic heterocycles. The van der Waals surface area contributed by atoms with Crippen LogP contribution in [0.3, 0.4) is 0 Å². The first-order chi connectivity index (χ1) is 20.5. The fraction of sp³-hybridized carbons (Fsp3) is 0.387. The van der Waals surface area contributed by atoms with Crippen molar-refractivity contribution in [3.05, 3.63) is 87.9 Å². The second-order valence-electron chi connectivity index (χ2n) is 11.3. The van der Waals surface area contributed by atoms with Crippen LogP contribution < -0.4 is 4.90 Å². The molecule has 4 aromatic rings. The maximum absolute atomic E-state index is 14.1. The highest BCUT2D eigenvalue weighted by Crippen LogP contribution is 2.48. The van der Waals surface area contributed by atoms with Gasteiger partial charge in [-0.3, -0.25) is 19.9 Å². The van der Waals surface area contributed by atoms with Gasteiger partial charge in [-0.1, -0.05) is 55.3 Å². The summed E-state index contributed by atoms with van der Waals surface area (Å²) in [6.45, 7) is 2.73. The van der Waals surface area contributed by atoms with Crippen molar-refractivity contribution in [1.29, 1.82) is 0 Å². The number of aromatic nitrogens is 4. The number of hydrogen-bond donors (Lipinski definition) is 0. The Labute approximate surface area is 243 Å². The van der Waals surface area contributed by atoms with Gasteiger partial charge in [0.1, 0.15) is 12.1 Å². The molecule has 11 heteroatoms. The lowest BCUT2D eigenvalue weighted by molar-refractivity contribution is -0.385. The summed E-state index contributed by atoms with van der Waals surface area (Å²) in [7, 11) is 0. The van der Waals surface area contributed by atoms with E-state index in [-0.39, 0.29) is 29.0 Å². The number of fused-ring (bicyclic) bond motifs is 3. The lowest BCUT2D eigenvalue weighted by Gasteiger charge is -2.46. The Morgan fingerprint density at radius 3 is 2.69 bits per heavy atom. The SMILES string of the molecule is O=C(C1CCCCC12N=CCc1ccccc12)N1CCN(c2ncnc3c2cnn3Cc2ccccc2[N+](=O)[O-])CC1. The Hall–Kier alpha value is -4.67. The van der Waals surface area contributed by atoms with E-state index in [0.717, 1.165) is 43.3 Å². The van der Waals surface area contributed by atoms with Gasteiger partial charge in [0, 0.05) is 44.9 Å². The molecule has 2 fully saturated rings. The summed E-state index contributed by atoms with van der Waals surface area (Å²) in [6, 6.07) is 15.2. The van der Waals surface area contributed by atoms with E-state index < -0.39 is 5.54 Å². The van der Waals surface area contributed by atoms with Gasteiger partial charge in [-0.2, -0.15) is 5.10 Å². The molecule has 0 bridgehead atoms. The number of carbonyl (C=O) groups is 1. The van der Waals surface area contributed by atoms with Gasteiger partial charge in [0.2, 0.25) is 5.91 Å². The fourth-order valence-corrected chi connectivity index (χ4v) is 7.05. The number of amides is 1. The number of nitro benzene ring substituents is 1. The third kappa shape index (κ3) is 4.40. The summed E-state index contributed by atoms with van der Waals surface area (Å²) in [4.78, 5) is 43.5. The van der Waals surface area contributed by atoms with Crippen molar-refractivity contribution in [3.8, 4) is 0 Å². The molecular formula is C31H32N8O3. The van der Waals surface area contributed by atoms with E-state index in [1.165, 1.54) is 23.5 Å². The van der Waals surface area contributed by atoms with Gasteiger partial charge in [0.15, 0.2) is 5.65 Å². The van der Waals surface area contributed by atoms with E-state index >= 15 is 0 Å². The molecule has 7 rings (SSSR count). The van der Waals surface area contributed by atoms with E-state index in [2.05, 4.69) is 44.2 Å². The number of benzene rings is 2. The molecule has 1 amide bonds. The Balaban J connectivity index is 1.09. The topological polar surface area (TPSA) is 123 Å². The molecule has 1 aliphatic carbocycles. The zero-order chi connectivity index (χ0) is 28.7. The maximum atomic E-state index is 14.1. The number of hydrogen-bond acceptors (Lipinski definition) is 8. The minimum atomic E-state index is -0.456. The predicted molar refractivity (Wildman–Crippen MR) is 159 cm³/mol. The van der Waals surface area contributed by atoms with Crippen molar-refractivity contribution in [2.45, 2.75) is 44.2 Å². The molecule has 1 spiro atoms. The van der Waals surface area contributed by atoms with Crippen molar-refractivity contribution >= 4 is 34.7 Å². The zero-order valence-electron chi connectivity index (χ0n) is 23.3. The highest BCUT2D eigenvalue weighted by Gasteiger charge is 2.49. The second kappa shape index (κ2) is 10.6. The molecule has 0 N–H and O–H groups in total. The molecular weight excluding hydrogens is 532 g/mol. The highest BCUT2D eigenvalue weighted by atomic mass is 16.6. The molecule has 1 saturated carbocycles. The van der Waals surface area contributed by atoms with Crippen molar-refractivity contribution in [3.63, 3.8) is 0 Å². The van der Waals surface area contributed by atoms with Gasteiger partial charge < -0.3 is 9.80 Å². The molecule has 2 atom stereocenters. The summed E-state index contributed by atoms with van der Waals surface area (Å²) in [5.74, 6) is 0.815. The summed E-state index contributed by atoms with van der Waals surface area (Å²) in [6.07, 6.45) is 9.97. The number of para-hydroxylation sites is 1. The molecule has 4 heterocycles. The molecule has 3 aliphatic rings. The van der Waals surface area contributed by atoms with Crippen LogP contribution >= 0.6 is 0 Å². The van der Waals surface area contributed by atoms with Crippen LogP contribution in [-0.2, 0) is 23.3 Å². The van der Waals surface area contributed by atoms with Gasteiger partial charge in [-0.25, -0.2) is 14.6 Å². The van der Waals surface area contributed by atoms with Crippen LogP contribution in [0.1, 0.15) is 42.4 Å². The average molecular weight is 565 g/mol. The van der Waals surface area contributed by atoms with Crippen molar-refractivity contribution in [2.75, 3.05) is 31.1 Å². The molecule has 2 unspecified atom stereocenters. The molecule has 1 saturated heterocycles. The molecule has 214 valence electrons. The predicted octanol–water partition coefficient (Wildman–Crippen LogP) is 4.14. The van der Waals surface area contributed by atoms with Gasteiger partial charge in [-0.05, 0) is 24.0 Å². The number of nitrogens with zero attached hydrogens (tertiary/aromatic N) is 8. The van der Waals surface area contributed by atoms with Crippen LogP contribution in [0.25, 0.3) is 11.0 Å². The van der Waals surface area contributed by atoms with E-state index in [0.29, 0.717) is 37.4 Å². The largest absolute Gasteiger partial charge is 0.352 e. The quantitative estimate of drug-likeness (QED) is 0.264. The average Bonchev–Trinajstić information content (AvgIpc) is 3.44. The number of carbonyl (C=O) groups excluding carboxylic acids is 1. The smallest absolute Gasteiger partial charge is 0.274 e. The van der Waals surface area contributed by atoms with Gasteiger partial charge in [0.25, 0.3) is 5.69 Å². The second-order valence-corrected chi connectivity index (χ2v) is 11.3. The third-order valence-corrected chi connectivity index (χ3v) is 9.10. The Kier molecular flexibility index (Phi) is 6.64. The Bertz CT molecular complexity index is 1690. The maximum Gasteiger partial charge on any atom is 0.274 e. The Morgan fingerprint density at radius 2 is 1.83 bits per heavy atom. The molecule has 2 aromatic carbocycles. The first-order valence-corrected chi connectivity index (χ1v) is 14.6. The molecule has 42 heavy (non-hydrogen) atoms. The standard InChI is InChI=1S/C31H32N8O3/c40-30(26-10-5-6-13-31(26)25-9-3-1-7-22(25)12-14-34-31)37-17-15-36(16-18-37)28-24-19-35-38(29(24)33-21-32-28)20-23-8-2-4-11-27(23)39(41)42/h1-4,7-9,11,14,19,21,26H,5-6,10,12-13,15-18,20H2. The number of piperazine rings is 1. The number of rotatable bonds is 5. The van der Waals surface area contributed by atoms with E-state index in [9.17, 15) is 14.9 Å². The minimum absolute atomic E-state index is 0.0540. The lowest BCUT2D eigenvalue weighted by atomic mass is 9.66. The summed E-state index contributed by atoms with van der Waals surface area (Å²) < 4.78 is 1.67. The monoisotopic (exact) mass is 564 g/mol. The third-order valence-electron chi connectivity index (χ3n) is 9.10. The van der Waals surface area contributed by atoms with Crippen molar-refractivity contribution < 1.29 is 9.72 Å². The normalized spacial score (nSPS) is 22.0. The number of aliphatic imine (C=N–C) groups is 1. The van der Waals surface area contributed by atoms with E-state index in [1.807, 2.05) is 11.1 Å².